The van der Waals surface area contributed by atoms with E-state index in [9.17, 15) is 18.0 Å². The summed E-state index contributed by atoms with van der Waals surface area (Å²) in [5.41, 5.74) is 0.864. The van der Waals surface area contributed by atoms with Crippen LogP contribution >= 0.6 is 11.6 Å². The first kappa shape index (κ1) is 19.4. The molecule has 8 heteroatoms. The van der Waals surface area contributed by atoms with E-state index in [-0.39, 0.29) is 12.6 Å². The molecule has 1 aliphatic heterocycles. The maximum atomic E-state index is 12.6. The van der Waals surface area contributed by atoms with Gasteiger partial charge in [-0.1, -0.05) is 35.9 Å². The van der Waals surface area contributed by atoms with Gasteiger partial charge in [0, 0.05) is 32.7 Å². The molecular formula is C19H19ClF3N3O. The van der Waals surface area contributed by atoms with Crippen molar-refractivity contribution in [2.45, 2.75) is 12.7 Å². The van der Waals surface area contributed by atoms with Crippen molar-refractivity contribution in [1.29, 1.82) is 0 Å². The molecule has 1 aliphatic rings. The lowest BCUT2D eigenvalue weighted by Crippen LogP contribution is -2.51. The molecule has 1 heterocycles. The van der Waals surface area contributed by atoms with Crippen molar-refractivity contribution in [1.82, 2.24) is 10.2 Å². The number of hydrogen-bond acceptors (Lipinski definition) is 2. The van der Waals surface area contributed by atoms with Crippen molar-refractivity contribution in [3.05, 3.63) is 64.7 Å². The zero-order valence-electron chi connectivity index (χ0n) is 14.5. The molecule has 0 radical (unpaired) electrons. The molecule has 0 bridgehead atoms. The second kappa shape index (κ2) is 8.08. The van der Waals surface area contributed by atoms with E-state index in [2.05, 4.69) is 10.2 Å². The monoisotopic (exact) mass is 397 g/mol. The highest BCUT2D eigenvalue weighted by Crippen LogP contribution is 2.29. The first-order chi connectivity index (χ1) is 12.8. The molecule has 2 amide bonds. The fraction of sp³-hybridized carbons (Fsp3) is 0.316. The van der Waals surface area contributed by atoms with Crippen LogP contribution in [0.3, 0.4) is 0 Å². The van der Waals surface area contributed by atoms with Crippen molar-refractivity contribution in [3.63, 3.8) is 0 Å². The summed E-state index contributed by atoms with van der Waals surface area (Å²) in [7, 11) is 0. The van der Waals surface area contributed by atoms with Crippen LogP contribution in [-0.2, 0) is 12.7 Å². The van der Waals surface area contributed by atoms with Gasteiger partial charge in [0.2, 0.25) is 0 Å². The lowest BCUT2D eigenvalue weighted by Gasteiger charge is -2.36. The van der Waals surface area contributed by atoms with Gasteiger partial charge in [-0.15, -0.1) is 0 Å². The van der Waals surface area contributed by atoms with Crippen LogP contribution in [-0.4, -0.2) is 37.1 Å². The molecule has 0 aliphatic carbocycles. The number of hydrogen-bond donors (Lipinski definition) is 1. The lowest BCUT2D eigenvalue weighted by atomic mass is 10.1. The van der Waals surface area contributed by atoms with Crippen molar-refractivity contribution < 1.29 is 18.0 Å². The summed E-state index contributed by atoms with van der Waals surface area (Å²) in [4.78, 5) is 16.1. The number of anilines is 1. The molecule has 144 valence electrons. The summed E-state index contributed by atoms with van der Waals surface area (Å²) in [5, 5.41) is 3.43. The van der Waals surface area contributed by atoms with Gasteiger partial charge in [0.05, 0.1) is 16.3 Å². The zero-order valence-corrected chi connectivity index (χ0v) is 15.2. The van der Waals surface area contributed by atoms with E-state index < -0.39 is 11.7 Å². The number of halogens is 4. The Hall–Kier alpha value is -2.41. The predicted octanol–water partition coefficient (Wildman–Crippen LogP) is 4.39. The lowest BCUT2D eigenvalue weighted by molar-refractivity contribution is -0.137. The van der Waals surface area contributed by atoms with Gasteiger partial charge in [-0.25, -0.2) is 4.79 Å². The summed E-state index contributed by atoms with van der Waals surface area (Å²) >= 11 is 6.21. The van der Waals surface area contributed by atoms with E-state index >= 15 is 0 Å². The minimum absolute atomic E-state index is 0.182. The molecule has 27 heavy (non-hydrogen) atoms. The maximum absolute atomic E-state index is 12.6. The molecule has 0 aromatic heterocycles. The van der Waals surface area contributed by atoms with Crippen molar-refractivity contribution in [2.75, 3.05) is 31.1 Å². The van der Waals surface area contributed by atoms with Crippen LogP contribution in [0.5, 0.6) is 0 Å². The highest BCUT2D eigenvalue weighted by molar-refractivity contribution is 6.33. The molecule has 0 saturated carbocycles. The third-order valence-corrected chi connectivity index (χ3v) is 4.80. The predicted molar refractivity (Wildman–Crippen MR) is 98.9 cm³/mol. The minimum atomic E-state index is -4.36. The largest absolute Gasteiger partial charge is 0.416 e. The van der Waals surface area contributed by atoms with Crippen LogP contribution in [0.15, 0.2) is 48.5 Å². The third kappa shape index (κ3) is 4.86. The Kier molecular flexibility index (Phi) is 5.79. The Morgan fingerprint density at radius 1 is 1.00 bits per heavy atom. The number of carbonyl (C=O) groups excluding carboxylic acids is 1. The van der Waals surface area contributed by atoms with Crippen LogP contribution in [0.1, 0.15) is 11.1 Å². The molecule has 2 aromatic rings. The number of piperazine rings is 1. The fourth-order valence-corrected chi connectivity index (χ4v) is 3.21. The standard InChI is InChI=1S/C19H19ClF3N3O/c20-16-3-1-2-4-17(16)25-9-11-26(12-10-25)18(27)24-13-14-5-7-15(8-6-14)19(21,22)23/h1-8H,9-13H2,(H,24,27). The molecule has 2 aromatic carbocycles. The van der Waals surface area contributed by atoms with Gasteiger partial charge >= 0.3 is 12.2 Å². The van der Waals surface area contributed by atoms with Crippen LogP contribution in [0.2, 0.25) is 5.02 Å². The Morgan fingerprint density at radius 2 is 1.63 bits per heavy atom. The van der Waals surface area contributed by atoms with E-state index in [0.717, 1.165) is 17.8 Å². The van der Waals surface area contributed by atoms with Gasteiger partial charge < -0.3 is 15.1 Å². The number of amides is 2. The average molecular weight is 398 g/mol. The summed E-state index contributed by atoms with van der Waals surface area (Å²) in [6, 6.07) is 12.1. The summed E-state index contributed by atoms with van der Waals surface area (Å²) in [5.74, 6) is 0. The van der Waals surface area contributed by atoms with Gasteiger partial charge in [-0.05, 0) is 29.8 Å². The number of para-hydroxylation sites is 1. The molecule has 1 N–H and O–H groups in total. The minimum Gasteiger partial charge on any atom is -0.367 e. The smallest absolute Gasteiger partial charge is 0.367 e. The Labute approximate surface area is 160 Å². The highest BCUT2D eigenvalue weighted by Gasteiger charge is 2.30. The molecule has 1 fully saturated rings. The van der Waals surface area contributed by atoms with Gasteiger partial charge in [0.25, 0.3) is 0 Å². The van der Waals surface area contributed by atoms with Crippen molar-refractivity contribution in [3.8, 4) is 0 Å². The van der Waals surface area contributed by atoms with Crippen LogP contribution in [0.4, 0.5) is 23.7 Å². The summed E-state index contributed by atoms with van der Waals surface area (Å²) in [6.45, 7) is 2.60. The summed E-state index contributed by atoms with van der Waals surface area (Å²) in [6.07, 6.45) is -4.36. The van der Waals surface area contributed by atoms with Gasteiger partial charge in [-0.2, -0.15) is 13.2 Å². The zero-order chi connectivity index (χ0) is 19.4. The molecular weight excluding hydrogens is 379 g/mol. The third-order valence-electron chi connectivity index (χ3n) is 4.49. The van der Waals surface area contributed by atoms with Gasteiger partial charge in [0.15, 0.2) is 0 Å². The summed E-state index contributed by atoms with van der Waals surface area (Å²) < 4.78 is 37.7. The van der Waals surface area contributed by atoms with E-state index in [4.69, 9.17) is 11.6 Å². The van der Waals surface area contributed by atoms with Crippen molar-refractivity contribution in [2.24, 2.45) is 0 Å². The van der Waals surface area contributed by atoms with Gasteiger partial charge in [0.1, 0.15) is 0 Å². The average Bonchev–Trinajstić information content (AvgIpc) is 2.66. The number of alkyl halides is 3. The second-order valence-corrected chi connectivity index (χ2v) is 6.69. The topological polar surface area (TPSA) is 35.6 Å². The number of urea groups is 1. The normalized spacial score (nSPS) is 15.0. The quantitative estimate of drug-likeness (QED) is 0.833. The molecule has 4 nitrogen and oxygen atoms in total. The first-order valence-electron chi connectivity index (χ1n) is 8.53. The highest BCUT2D eigenvalue weighted by atomic mass is 35.5. The Morgan fingerprint density at radius 3 is 2.22 bits per heavy atom. The number of benzene rings is 2. The van der Waals surface area contributed by atoms with Crippen LogP contribution in [0, 0.1) is 0 Å². The maximum Gasteiger partial charge on any atom is 0.416 e. The second-order valence-electron chi connectivity index (χ2n) is 6.28. The number of rotatable bonds is 3. The molecule has 3 rings (SSSR count). The fourth-order valence-electron chi connectivity index (χ4n) is 2.96. The van der Waals surface area contributed by atoms with Crippen molar-refractivity contribution >= 4 is 23.3 Å². The van der Waals surface area contributed by atoms with Crippen LogP contribution in [0.25, 0.3) is 0 Å². The van der Waals surface area contributed by atoms with E-state index in [0.29, 0.717) is 36.8 Å². The van der Waals surface area contributed by atoms with Gasteiger partial charge in [-0.3, -0.25) is 0 Å². The molecule has 1 saturated heterocycles. The van der Waals surface area contributed by atoms with E-state index in [1.54, 1.807) is 4.90 Å². The molecule has 0 spiro atoms. The number of nitrogens with zero attached hydrogens (tertiary/aromatic N) is 2. The Bertz CT molecular complexity index is 788. The van der Waals surface area contributed by atoms with E-state index in [1.165, 1.54) is 12.1 Å². The Balaban J connectivity index is 1.49. The number of nitrogens with one attached hydrogen (secondary N) is 1. The molecule has 0 unspecified atom stereocenters. The van der Waals surface area contributed by atoms with E-state index in [1.807, 2.05) is 24.3 Å². The number of carbonyl (C=O) groups is 1. The molecule has 0 atom stereocenters. The first-order valence-corrected chi connectivity index (χ1v) is 8.91. The SMILES string of the molecule is O=C(NCc1ccc(C(F)(F)F)cc1)N1CCN(c2ccccc2Cl)CC1. The van der Waals surface area contributed by atoms with Crippen LogP contribution < -0.4 is 10.2 Å².